The van der Waals surface area contributed by atoms with Gasteiger partial charge in [0, 0.05) is 25.6 Å². The molecule has 0 saturated heterocycles. The van der Waals surface area contributed by atoms with Crippen molar-refractivity contribution in [1.82, 2.24) is 39.9 Å². The molecule has 1 saturated carbocycles. The Morgan fingerprint density at radius 3 is 2.76 bits per heavy atom. The molecular weight excluding hydrogens is 476 g/mol. The van der Waals surface area contributed by atoms with Crippen LogP contribution >= 0.6 is 0 Å². The normalized spacial score (nSPS) is 17.4. The second-order valence-corrected chi connectivity index (χ2v) is 8.83. The second-order valence-electron chi connectivity index (χ2n) is 8.83. The van der Waals surface area contributed by atoms with Crippen LogP contribution in [-0.4, -0.2) is 57.1 Å². The number of pyridine rings is 1. The molecule has 12 nitrogen and oxygen atoms in total. The summed E-state index contributed by atoms with van der Waals surface area (Å²) in [6.07, 6.45) is 9.13. The van der Waals surface area contributed by atoms with E-state index in [1.165, 1.54) is 0 Å². The van der Waals surface area contributed by atoms with Gasteiger partial charge in [-0.25, -0.2) is 14.6 Å². The Kier molecular flexibility index (Phi) is 6.97. The molecular formula is C25H26N8O4. The number of carboxylic acids is 1. The van der Waals surface area contributed by atoms with Crippen LogP contribution in [-0.2, 0) is 18.4 Å². The van der Waals surface area contributed by atoms with Crippen molar-refractivity contribution in [3.8, 4) is 34.5 Å². The summed E-state index contributed by atoms with van der Waals surface area (Å²) in [5.41, 5.74) is 3.80. The van der Waals surface area contributed by atoms with Gasteiger partial charge < -0.3 is 14.6 Å². The molecule has 4 aromatic heterocycles. The molecule has 2 atom stereocenters. The second kappa shape index (κ2) is 10.6. The van der Waals surface area contributed by atoms with Crippen molar-refractivity contribution >= 4 is 5.97 Å². The molecule has 190 valence electrons. The van der Waals surface area contributed by atoms with Gasteiger partial charge in [0.05, 0.1) is 35.3 Å². The molecule has 0 unspecified atom stereocenters. The summed E-state index contributed by atoms with van der Waals surface area (Å²) in [6, 6.07) is 5.59. The zero-order valence-corrected chi connectivity index (χ0v) is 20.5. The zero-order chi connectivity index (χ0) is 25.8. The fraction of sp³-hybridized carbons (Fsp3) is 0.360. The van der Waals surface area contributed by atoms with Crippen molar-refractivity contribution in [3.05, 3.63) is 54.4 Å². The van der Waals surface area contributed by atoms with Gasteiger partial charge in [0.1, 0.15) is 29.4 Å². The quantitative estimate of drug-likeness (QED) is 0.378. The van der Waals surface area contributed by atoms with E-state index in [0.717, 1.165) is 12.8 Å². The van der Waals surface area contributed by atoms with Crippen LogP contribution in [0.2, 0.25) is 0 Å². The maximum Gasteiger partial charge on any atom is 0.317 e. The van der Waals surface area contributed by atoms with Gasteiger partial charge in [-0.2, -0.15) is 4.98 Å². The van der Waals surface area contributed by atoms with Gasteiger partial charge >= 0.3 is 12.0 Å². The molecule has 37 heavy (non-hydrogen) atoms. The molecule has 0 aromatic carbocycles. The van der Waals surface area contributed by atoms with E-state index in [4.69, 9.17) is 9.47 Å². The molecule has 0 aliphatic heterocycles. The number of ether oxygens (including phenoxy) is 2. The molecule has 1 aliphatic rings. The fourth-order valence-corrected chi connectivity index (χ4v) is 4.32. The minimum Gasteiger partial charge on any atom is -0.489 e. The topological polar surface area (TPSA) is 151 Å². The highest BCUT2D eigenvalue weighted by atomic mass is 16.5. The standard InChI is InChI=1S/C25H26N8O4/c1-15-22(37-17-5-3-4-16(12-17)24(34)35)7-6-19(29-15)23-21(33(2)32-31-23)14-36-25-28-9-8-18(30-25)20-13-26-10-11-27-20/h6-11,13,16-17H,3-5,12,14H2,1-2H3,(H,34,35)/t16-,17-/m0/s1. The van der Waals surface area contributed by atoms with E-state index in [1.807, 2.05) is 19.1 Å². The average Bonchev–Trinajstić information content (AvgIpc) is 3.29. The maximum atomic E-state index is 11.4. The van der Waals surface area contributed by atoms with Crippen molar-refractivity contribution in [2.75, 3.05) is 0 Å². The molecule has 4 aromatic rings. The average molecular weight is 503 g/mol. The van der Waals surface area contributed by atoms with Gasteiger partial charge in [0.25, 0.3) is 0 Å². The summed E-state index contributed by atoms with van der Waals surface area (Å²) in [6.45, 7) is 1.98. The molecule has 12 heteroatoms. The van der Waals surface area contributed by atoms with Crippen molar-refractivity contribution in [2.24, 2.45) is 13.0 Å². The number of aromatic nitrogens is 8. The summed E-state index contributed by atoms with van der Waals surface area (Å²) in [7, 11) is 1.78. The lowest BCUT2D eigenvalue weighted by molar-refractivity contribution is -0.143. The number of aryl methyl sites for hydroxylation is 2. The third kappa shape index (κ3) is 5.52. The first kappa shape index (κ1) is 24.2. The Bertz CT molecular complexity index is 1390. The first-order valence-electron chi connectivity index (χ1n) is 12.0. The lowest BCUT2D eigenvalue weighted by atomic mass is 9.87. The lowest BCUT2D eigenvalue weighted by Crippen LogP contribution is -2.29. The first-order chi connectivity index (χ1) is 18.0. The van der Waals surface area contributed by atoms with E-state index in [1.54, 1.807) is 42.6 Å². The molecule has 0 radical (unpaired) electrons. The summed E-state index contributed by atoms with van der Waals surface area (Å²) < 4.78 is 13.6. The minimum atomic E-state index is -0.762. The highest BCUT2D eigenvalue weighted by molar-refractivity contribution is 5.70. The summed E-state index contributed by atoms with van der Waals surface area (Å²) >= 11 is 0. The Balaban J connectivity index is 1.30. The van der Waals surface area contributed by atoms with Crippen LogP contribution in [0.5, 0.6) is 11.8 Å². The predicted octanol–water partition coefficient (Wildman–Crippen LogP) is 3.03. The van der Waals surface area contributed by atoms with E-state index in [2.05, 4.69) is 35.2 Å². The Morgan fingerprint density at radius 2 is 1.97 bits per heavy atom. The molecule has 0 amide bonds. The number of rotatable bonds is 8. The van der Waals surface area contributed by atoms with Gasteiger partial charge in [-0.3, -0.25) is 14.8 Å². The molecule has 0 spiro atoms. The van der Waals surface area contributed by atoms with E-state index in [0.29, 0.717) is 52.8 Å². The van der Waals surface area contributed by atoms with Crippen molar-refractivity contribution in [2.45, 2.75) is 45.3 Å². The Labute approximate surface area is 212 Å². The van der Waals surface area contributed by atoms with Crippen LogP contribution in [0.1, 0.15) is 37.1 Å². The monoisotopic (exact) mass is 502 g/mol. The molecule has 1 N–H and O–H groups in total. The van der Waals surface area contributed by atoms with Crippen molar-refractivity contribution in [3.63, 3.8) is 0 Å². The van der Waals surface area contributed by atoms with Gasteiger partial charge in [-0.05, 0) is 50.8 Å². The molecule has 5 rings (SSSR count). The van der Waals surface area contributed by atoms with E-state index < -0.39 is 5.97 Å². The first-order valence-corrected chi connectivity index (χ1v) is 12.0. The molecule has 1 fully saturated rings. The van der Waals surface area contributed by atoms with Gasteiger partial charge in [-0.15, -0.1) is 5.10 Å². The van der Waals surface area contributed by atoms with Gasteiger partial charge in [0.15, 0.2) is 0 Å². The van der Waals surface area contributed by atoms with Crippen molar-refractivity contribution in [1.29, 1.82) is 0 Å². The van der Waals surface area contributed by atoms with Crippen molar-refractivity contribution < 1.29 is 19.4 Å². The number of hydrogen-bond acceptors (Lipinski definition) is 10. The third-order valence-electron chi connectivity index (χ3n) is 6.29. The van der Waals surface area contributed by atoms with E-state index >= 15 is 0 Å². The Morgan fingerprint density at radius 1 is 1.08 bits per heavy atom. The van der Waals surface area contributed by atoms with E-state index in [9.17, 15) is 9.90 Å². The molecule has 0 bridgehead atoms. The zero-order valence-electron chi connectivity index (χ0n) is 20.5. The van der Waals surface area contributed by atoms with Gasteiger partial charge in [-0.1, -0.05) is 5.21 Å². The summed E-state index contributed by atoms with van der Waals surface area (Å²) in [5.74, 6) is -0.490. The minimum absolute atomic E-state index is 0.125. The van der Waals surface area contributed by atoms with Crippen LogP contribution in [0, 0.1) is 12.8 Å². The molecule has 1 aliphatic carbocycles. The lowest BCUT2D eigenvalue weighted by Gasteiger charge is -2.27. The van der Waals surface area contributed by atoms with Crippen LogP contribution in [0.3, 0.4) is 0 Å². The van der Waals surface area contributed by atoms with Crippen LogP contribution in [0.15, 0.2) is 43.0 Å². The third-order valence-corrected chi connectivity index (χ3v) is 6.29. The number of hydrogen-bond donors (Lipinski definition) is 1. The van der Waals surface area contributed by atoms with Crippen LogP contribution in [0.4, 0.5) is 0 Å². The number of carboxylic acid groups (broad SMARTS) is 1. The number of nitrogens with zero attached hydrogens (tertiary/aromatic N) is 8. The largest absolute Gasteiger partial charge is 0.489 e. The number of aliphatic carboxylic acids is 1. The highest BCUT2D eigenvalue weighted by Gasteiger charge is 2.28. The number of carbonyl (C=O) groups is 1. The summed E-state index contributed by atoms with van der Waals surface area (Å²) in [5, 5.41) is 17.8. The predicted molar refractivity (Wildman–Crippen MR) is 130 cm³/mol. The highest BCUT2D eigenvalue weighted by Crippen LogP contribution is 2.30. The van der Waals surface area contributed by atoms with E-state index in [-0.39, 0.29) is 24.6 Å². The smallest absolute Gasteiger partial charge is 0.317 e. The molecule has 4 heterocycles. The Hall–Kier alpha value is -4.48. The SMILES string of the molecule is Cc1nc(-c2nnn(C)c2COc2nccc(-c3cnccn3)n2)ccc1O[C@H]1CCC[C@H](C(=O)O)C1. The van der Waals surface area contributed by atoms with Crippen LogP contribution in [0.25, 0.3) is 22.8 Å². The fourth-order valence-electron chi connectivity index (χ4n) is 4.32. The van der Waals surface area contributed by atoms with Gasteiger partial charge in [0.2, 0.25) is 0 Å². The van der Waals surface area contributed by atoms with Crippen LogP contribution < -0.4 is 9.47 Å². The summed E-state index contributed by atoms with van der Waals surface area (Å²) in [4.78, 5) is 33.0. The maximum absolute atomic E-state index is 11.4.